The molecule has 4 N–H and O–H groups in total. The van der Waals surface area contributed by atoms with E-state index < -0.39 is 0 Å². The third kappa shape index (κ3) is 2.00. The van der Waals surface area contributed by atoms with E-state index in [2.05, 4.69) is 9.88 Å². The quantitative estimate of drug-likeness (QED) is 0.798. The van der Waals surface area contributed by atoms with Crippen LogP contribution in [0.2, 0.25) is 0 Å². The maximum absolute atomic E-state index is 5.78. The maximum atomic E-state index is 5.78. The van der Waals surface area contributed by atoms with Crippen LogP contribution in [0.25, 0.3) is 0 Å². The van der Waals surface area contributed by atoms with Gasteiger partial charge in [-0.2, -0.15) is 0 Å². The lowest BCUT2D eigenvalue weighted by Gasteiger charge is -2.40. The molecule has 1 aliphatic heterocycles. The molecule has 0 aromatic carbocycles. The van der Waals surface area contributed by atoms with Crippen molar-refractivity contribution in [2.45, 2.75) is 38.5 Å². The van der Waals surface area contributed by atoms with Crippen molar-refractivity contribution in [2.75, 3.05) is 29.5 Å². The van der Waals surface area contributed by atoms with Crippen molar-refractivity contribution in [3.05, 3.63) is 12.1 Å². The summed E-state index contributed by atoms with van der Waals surface area (Å²) in [5.74, 6) is 1.43. The Hall–Kier alpha value is -1.45. The first-order valence-electron chi connectivity index (χ1n) is 6.96. The van der Waals surface area contributed by atoms with Gasteiger partial charge >= 0.3 is 0 Å². The van der Waals surface area contributed by atoms with E-state index in [-0.39, 0.29) is 0 Å². The summed E-state index contributed by atoms with van der Waals surface area (Å²) >= 11 is 0. The summed E-state index contributed by atoms with van der Waals surface area (Å²) < 4.78 is 0. The first-order chi connectivity index (χ1) is 8.69. The molecule has 1 aromatic rings. The van der Waals surface area contributed by atoms with E-state index in [1.165, 1.54) is 38.5 Å². The maximum Gasteiger partial charge on any atom is 0.149 e. The Morgan fingerprint density at radius 3 is 2.28 bits per heavy atom. The van der Waals surface area contributed by atoms with Gasteiger partial charge in [-0.1, -0.05) is 12.8 Å². The van der Waals surface area contributed by atoms with Gasteiger partial charge in [-0.3, -0.25) is 0 Å². The molecule has 1 aromatic heterocycles. The summed E-state index contributed by atoms with van der Waals surface area (Å²) in [6, 6.07) is 3.84. The highest BCUT2D eigenvalue weighted by Gasteiger charge is 2.37. The predicted octanol–water partition coefficient (Wildman–Crippen LogP) is 2.41. The van der Waals surface area contributed by atoms with Crippen LogP contribution in [0.15, 0.2) is 12.1 Å². The zero-order valence-electron chi connectivity index (χ0n) is 10.9. The van der Waals surface area contributed by atoms with Crippen molar-refractivity contribution in [2.24, 2.45) is 5.41 Å². The number of aromatic nitrogens is 1. The summed E-state index contributed by atoms with van der Waals surface area (Å²) in [5, 5.41) is 0. The molecule has 1 spiro atoms. The summed E-state index contributed by atoms with van der Waals surface area (Å²) in [7, 11) is 0. The fourth-order valence-electron chi connectivity index (χ4n) is 3.49. The van der Waals surface area contributed by atoms with Gasteiger partial charge in [0.1, 0.15) is 11.6 Å². The molecule has 0 unspecified atom stereocenters. The van der Waals surface area contributed by atoms with E-state index in [0.29, 0.717) is 16.9 Å². The lowest BCUT2D eigenvalue weighted by molar-refractivity contribution is 0.226. The van der Waals surface area contributed by atoms with E-state index in [1.54, 1.807) is 0 Å². The van der Waals surface area contributed by atoms with Crippen LogP contribution in [-0.2, 0) is 0 Å². The molecular formula is C14H22N4. The second-order valence-electron chi connectivity index (χ2n) is 5.84. The lowest BCUT2D eigenvalue weighted by Crippen LogP contribution is -2.39. The molecule has 2 aliphatic rings. The monoisotopic (exact) mass is 246 g/mol. The topological polar surface area (TPSA) is 68.2 Å². The summed E-state index contributed by atoms with van der Waals surface area (Å²) in [6.45, 7) is 2.21. The minimum absolute atomic E-state index is 0.452. The molecule has 1 saturated heterocycles. The van der Waals surface area contributed by atoms with E-state index in [4.69, 9.17) is 11.5 Å². The highest BCUT2D eigenvalue weighted by Crippen LogP contribution is 2.46. The van der Waals surface area contributed by atoms with Crippen molar-refractivity contribution in [1.82, 2.24) is 4.98 Å². The molecule has 1 saturated carbocycles. The van der Waals surface area contributed by atoms with Crippen LogP contribution in [0.3, 0.4) is 0 Å². The number of nitrogen functional groups attached to an aromatic ring is 2. The first kappa shape index (κ1) is 11.6. The van der Waals surface area contributed by atoms with Crippen LogP contribution in [0, 0.1) is 5.41 Å². The zero-order chi connectivity index (χ0) is 12.6. The van der Waals surface area contributed by atoms with Crippen molar-refractivity contribution >= 4 is 17.3 Å². The van der Waals surface area contributed by atoms with Gasteiger partial charge in [0.15, 0.2) is 0 Å². The van der Waals surface area contributed by atoms with Crippen LogP contribution >= 0.6 is 0 Å². The Balaban J connectivity index is 1.70. The SMILES string of the molecule is Nc1ccc(N2CCC3(CCCC3)CC2)nc1N. The van der Waals surface area contributed by atoms with E-state index in [1.807, 2.05) is 12.1 Å². The summed E-state index contributed by atoms with van der Waals surface area (Å²) in [4.78, 5) is 6.74. The molecule has 18 heavy (non-hydrogen) atoms. The van der Waals surface area contributed by atoms with Crippen molar-refractivity contribution in [3.63, 3.8) is 0 Å². The number of anilines is 3. The predicted molar refractivity (Wildman–Crippen MR) is 75.4 cm³/mol. The van der Waals surface area contributed by atoms with Crippen molar-refractivity contribution in [1.29, 1.82) is 0 Å². The molecule has 3 rings (SSSR count). The number of pyridine rings is 1. The Labute approximate surface area is 108 Å². The van der Waals surface area contributed by atoms with Gasteiger partial charge in [0, 0.05) is 13.1 Å². The number of piperidine rings is 1. The largest absolute Gasteiger partial charge is 0.396 e. The molecular weight excluding hydrogens is 224 g/mol. The second-order valence-corrected chi connectivity index (χ2v) is 5.84. The molecule has 2 heterocycles. The molecule has 0 radical (unpaired) electrons. The van der Waals surface area contributed by atoms with Crippen LogP contribution in [0.5, 0.6) is 0 Å². The first-order valence-corrected chi connectivity index (χ1v) is 6.96. The smallest absolute Gasteiger partial charge is 0.149 e. The average molecular weight is 246 g/mol. The van der Waals surface area contributed by atoms with Gasteiger partial charge in [-0.15, -0.1) is 0 Å². The highest BCUT2D eigenvalue weighted by atomic mass is 15.2. The summed E-state index contributed by atoms with van der Waals surface area (Å²) in [6.07, 6.45) is 8.31. The van der Waals surface area contributed by atoms with E-state index >= 15 is 0 Å². The average Bonchev–Trinajstić information content (AvgIpc) is 2.82. The molecule has 98 valence electrons. The Kier molecular flexibility index (Phi) is 2.80. The van der Waals surface area contributed by atoms with Gasteiger partial charge in [-0.05, 0) is 43.2 Å². The van der Waals surface area contributed by atoms with Gasteiger partial charge in [0.05, 0.1) is 5.69 Å². The molecule has 0 amide bonds. The minimum atomic E-state index is 0.452. The third-order valence-corrected chi connectivity index (χ3v) is 4.76. The Morgan fingerprint density at radius 2 is 1.67 bits per heavy atom. The fourth-order valence-corrected chi connectivity index (χ4v) is 3.49. The highest BCUT2D eigenvalue weighted by molar-refractivity contribution is 5.62. The number of nitrogens with two attached hydrogens (primary N) is 2. The Morgan fingerprint density at radius 1 is 1.00 bits per heavy atom. The molecule has 1 aliphatic carbocycles. The summed E-state index contributed by atoms with van der Waals surface area (Å²) in [5.41, 5.74) is 12.7. The van der Waals surface area contributed by atoms with Gasteiger partial charge < -0.3 is 16.4 Å². The normalized spacial score (nSPS) is 22.6. The Bertz CT molecular complexity index is 427. The second kappa shape index (κ2) is 4.34. The van der Waals surface area contributed by atoms with E-state index in [0.717, 1.165) is 18.9 Å². The molecule has 2 fully saturated rings. The molecule has 0 bridgehead atoms. The standard InChI is InChI=1S/C14H22N4/c15-11-3-4-12(17-13(11)16)18-9-7-14(8-10-18)5-1-2-6-14/h3-4H,1-2,5-10,15H2,(H2,16,17). The van der Waals surface area contributed by atoms with Crippen LogP contribution in [0.1, 0.15) is 38.5 Å². The molecule has 4 heteroatoms. The number of rotatable bonds is 1. The van der Waals surface area contributed by atoms with E-state index in [9.17, 15) is 0 Å². The lowest BCUT2D eigenvalue weighted by atomic mass is 9.77. The molecule has 0 atom stereocenters. The van der Waals surface area contributed by atoms with Gasteiger partial charge in [0.25, 0.3) is 0 Å². The van der Waals surface area contributed by atoms with Crippen LogP contribution in [0.4, 0.5) is 17.3 Å². The number of nitrogens with zero attached hydrogens (tertiary/aromatic N) is 2. The molecule has 4 nitrogen and oxygen atoms in total. The minimum Gasteiger partial charge on any atom is -0.396 e. The van der Waals surface area contributed by atoms with Gasteiger partial charge in [0.2, 0.25) is 0 Å². The number of hydrogen-bond acceptors (Lipinski definition) is 4. The van der Waals surface area contributed by atoms with Crippen molar-refractivity contribution in [3.8, 4) is 0 Å². The van der Waals surface area contributed by atoms with Crippen molar-refractivity contribution < 1.29 is 0 Å². The zero-order valence-corrected chi connectivity index (χ0v) is 10.9. The number of hydrogen-bond donors (Lipinski definition) is 2. The van der Waals surface area contributed by atoms with Crippen LogP contribution < -0.4 is 16.4 Å². The van der Waals surface area contributed by atoms with Gasteiger partial charge in [-0.25, -0.2) is 4.98 Å². The fraction of sp³-hybridized carbons (Fsp3) is 0.643. The van der Waals surface area contributed by atoms with Crippen LogP contribution in [-0.4, -0.2) is 18.1 Å². The third-order valence-electron chi connectivity index (χ3n) is 4.76.